The average Bonchev–Trinajstić information content (AvgIpc) is 3.47. The number of hydrazine groups is 1. The molecule has 0 saturated heterocycles. The number of hydrogen-bond donors (Lipinski definition) is 2. The minimum atomic E-state index is -2.52. The van der Waals surface area contributed by atoms with E-state index in [-0.39, 0.29) is 43.1 Å². The molecule has 13 heteroatoms. The molecule has 0 aliphatic carbocycles. The van der Waals surface area contributed by atoms with Gasteiger partial charge in [-0.3, -0.25) is 24.6 Å². The van der Waals surface area contributed by atoms with Crippen molar-refractivity contribution in [2.24, 2.45) is 0 Å². The van der Waals surface area contributed by atoms with Crippen LogP contribution >= 0.6 is 12.4 Å². The first-order valence-electron chi connectivity index (χ1n) is 12.9. The molecule has 0 radical (unpaired) electrons. The lowest BCUT2D eigenvalue weighted by Crippen LogP contribution is -2.47. The minimum absolute atomic E-state index is 0. The summed E-state index contributed by atoms with van der Waals surface area (Å²) in [6, 6.07) is 8.19. The standard InChI is InChI=1S/C27H34F3N7O2.ClH/c1-4-31-7-8-37(24-11-23-21(9-18(24)2)14-35(33-23)17-25(29)30)27(39)13-32-12-26(38)34(3)36-15-19-5-6-22(28)10-20(19)16-36;/h5-6,9-11,14,25,31-32H,4,7-8,12-13,15-17H2,1-3H3;1H. The highest BCUT2D eigenvalue weighted by atomic mass is 35.5. The minimum Gasteiger partial charge on any atom is -0.315 e. The molecule has 2 amide bonds. The largest absolute Gasteiger partial charge is 0.315 e. The summed E-state index contributed by atoms with van der Waals surface area (Å²) in [6.45, 7) is 5.81. The Kier molecular flexibility index (Phi) is 10.9. The maximum atomic E-state index is 13.5. The second-order valence-electron chi connectivity index (χ2n) is 9.60. The summed E-state index contributed by atoms with van der Waals surface area (Å²) in [5.74, 6) is -0.765. The predicted molar refractivity (Wildman–Crippen MR) is 150 cm³/mol. The molecule has 218 valence electrons. The van der Waals surface area contributed by atoms with Crippen LogP contribution in [0.15, 0.2) is 36.5 Å². The topological polar surface area (TPSA) is 85.7 Å². The first kappa shape index (κ1) is 31.3. The highest BCUT2D eigenvalue weighted by molar-refractivity contribution is 5.98. The molecule has 1 aromatic heterocycles. The van der Waals surface area contributed by atoms with Gasteiger partial charge in [0.2, 0.25) is 5.91 Å². The molecule has 0 saturated carbocycles. The fourth-order valence-corrected chi connectivity index (χ4v) is 4.70. The lowest BCUT2D eigenvalue weighted by molar-refractivity contribution is -0.145. The molecular weight excluding hydrogens is 547 g/mol. The van der Waals surface area contributed by atoms with Crippen LogP contribution in [-0.2, 0) is 29.2 Å². The number of likely N-dealkylation sites (N-methyl/N-ethyl adjacent to an activating group) is 2. The van der Waals surface area contributed by atoms with Gasteiger partial charge in [-0.1, -0.05) is 13.0 Å². The lowest BCUT2D eigenvalue weighted by atomic mass is 10.1. The molecule has 0 atom stereocenters. The van der Waals surface area contributed by atoms with E-state index < -0.39 is 13.0 Å². The molecule has 40 heavy (non-hydrogen) atoms. The Labute approximate surface area is 237 Å². The van der Waals surface area contributed by atoms with E-state index >= 15 is 0 Å². The molecule has 2 N–H and O–H groups in total. The predicted octanol–water partition coefficient (Wildman–Crippen LogP) is 3.09. The first-order chi connectivity index (χ1) is 18.7. The molecule has 0 spiro atoms. The summed E-state index contributed by atoms with van der Waals surface area (Å²) < 4.78 is 40.4. The number of amides is 2. The third kappa shape index (κ3) is 7.51. The second kappa shape index (κ2) is 13.9. The maximum absolute atomic E-state index is 13.5. The molecule has 9 nitrogen and oxygen atoms in total. The summed E-state index contributed by atoms with van der Waals surface area (Å²) in [6.07, 6.45) is -0.947. The Hall–Kier alpha value is -3.19. The molecule has 0 bridgehead atoms. The number of rotatable bonds is 12. The zero-order valence-electron chi connectivity index (χ0n) is 22.8. The molecule has 4 rings (SSSR count). The van der Waals surface area contributed by atoms with E-state index in [1.807, 2.05) is 24.9 Å². The van der Waals surface area contributed by atoms with Crippen molar-refractivity contribution in [2.75, 3.05) is 44.7 Å². The van der Waals surface area contributed by atoms with Crippen LogP contribution in [0.1, 0.15) is 23.6 Å². The van der Waals surface area contributed by atoms with Gasteiger partial charge in [0.25, 0.3) is 12.3 Å². The number of nitrogens with one attached hydrogen (secondary N) is 2. The molecule has 2 heterocycles. The quantitative estimate of drug-likeness (QED) is 0.320. The van der Waals surface area contributed by atoms with Crippen molar-refractivity contribution in [3.05, 3.63) is 59.0 Å². The zero-order chi connectivity index (χ0) is 28.1. The summed E-state index contributed by atoms with van der Waals surface area (Å²) in [7, 11) is 1.66. The Morgan fingerprint density at radius 2 is 1.80 bits per heavy atom. The van der Waals surface area contributed by atoms with Crippen molar-refractivity contribution < 1.29 is 22.8 Å². The van der Waals surface area contributed by atoms with Crippen molar-refractivity contribution in [2.45, 2.75) is 39.9 Å². The summed E-state index contributed by atoms with van der Waals surface area (Å²) in [5, 5.41) is 14.4. The van der Waals surface area contributed by atoms with Crippen molar-refractivity contribution in [3.8, 4) is 0 Å². The van der Waals surface area contributed by atoms with Gasteiger partial charge >= 0.3 is 0 Å². The molecule has 1 aliphatic heterocycles. The van der Waals surface area contributed by atoms with E-state index in [1.54, 1.807) is 30.3 Å². The third-order valence-electron chi connectivity index (χ3n) is 6.76. The van der Waals surface area contributed by atoms with Crippen LogP contribution in [0.5, 0.6) is 0 Å². The number of halogens is 4. The molecule has 0 unspecified atom stereocenters. The smallest absolute Gasteiger partial charge is 0.257 e. The maximum Gasteiger partial charge on any atom is 0.257 e. The molecular formula is C27H35ClF3N7O2. The number of hydrogen-bond acceptors (Lipinski definition) is 6. The summed E-state index contributed by atoms with van der Waals surface area (Å²) in [4.78, 5) is 27.7. The molecule has 3 aromatic rings. The number of nitrogens with zero attached hydrogens (tertiary/aromatic N) is 5. The average molecular weight is 582 g/mol. The van der Waals surface area contributed by atoms with Crippen LogP contribution in [0, 0.1) is 12.7 Å². The van der Waals surface area contributed by atoms with Gasteiger partial charge < -0.3 is 10.2 Å². The van der Waals surface area contributed by atoms with Gasteiger partial charge in [-0.05, 0) is 54.4 Å². The Balaban J connectivity index is 0.00000441. The highest BCUT2D eigenvalue weighted by Crippen LogP contribution is 2.27. The monoisotopic (exact) mass is 581 g/mol. The van der Waals surface area contributed by atoms with Gasteiger partial charge in [-0.15, -0.1) is 12.4 Å². The summed E-state index contributed by atoms with van der Waals surface area (Å²) in [5.41, 5.74) is 3.79. The van der Waals surface area contributed by atoms with Crippen LogP contribution in [0.4, 0.5) is 18.9 Å². The van der Waals surface area contributed by atoms with Gasteiger partial charge in [0.05, 0.1) is 18.6 Å². The number of aryl methyl sites for hydroxylation is 1. The van der Waals surface area contributed by atoms with Crippen LogP contribution in [-0.4, -0.2) is 77.8 Å². The highest BCUT2D eigenvalue weighted by Gasteiger charge is 2.26. The number of anilines is 1. The van der Waals surface area contributed by atoms with Crippen molar-refractivity contribution >= 4 is 40.8 Å². The van der Waals surface area contributed by atoms with Crippen molar-refractivity contribution in [1.82, 2.24) is 30.4 Å². The molecule has 1 aliphatic rings. The van der Waals surface area contributed by atoms with Crippen molar-refractivity contribution in [3.63, 3.8) is 0 Å². The van der Waals surface area contributed by atoms with E-state index in [0.29, 0.717) is 37.4 Å². The van der Waals surface area contributed by atoms with Gasteiger partial charge in [-0.25, -0.2) is 18.2 Å². The lowest BCUT2D eigenvalue weighted by Gasteiger charge is -2.28. The Morgan fingerprint density at radius 3 is 2.52 bits per heavy atom. The van der Waals surface area contributed by atoms with Gasteiger partial charge in [0, 0.05) is 50.5 Å². The number of fused-ring (bicyclic) bond motifs is 2. The number of carbonyl (C=O) groups excluding carboxylic acids is 2. The SMILES string of the molecule is CCNCCN(C(=O)CNCC(=O)N(C)N1Cc2ccc(F)cc2C1)c1cc2nn(CC(F)F)cc2cc1C.Cl. The van der Waals surface area contributed by atoms with Gasteiger partial charge in [0.1, 0.15) is 12.4 Å². The van der Waals surface area contributed by atoms with Gasteiger partial charge in [-0.2, -0.15) is 5.10 Å². The number of alkyl halides is 2. The summed E-state index contributed by atoms with van der Waals surface area (Å²) >= 11 is 0. The first-order valence-corrected chi connectivity index (χ1v) is 12.9. The van der Waals surface area contributed by atoms with E-state index in [2.05, 4.69) is 15.7 Å². The number of carbonyl (C=O) groups is 2. The van der Waals surface area contributed by atoms with Gasteiger partial charge in [0.15, 0.2) is 0 Å². The molecule has 0 fully saturated rings. The Bertz CT molecular complexity index is 1340. The van der Waals surface area contributed by atoms with Crippen LogP contribution < -0.4 is 15.5 Å². The van der Waals surface area contributed by atoms with E-state index in [4.69, 9.17) is 0 Å². The van der Waals surface area contributed by atoms with Crippen LogP contribution in [0.3, 0.4) is 0 Å². The fourth-order valence-electron chi connectivity index (χ4n) is 4.70. The molecule has 2 aromatic carbocycles. The van der Waals surface area contributed by atoms with E-state index in [9.17, 15) is 22.8 Å². The fraction of sp³-hybridized carbons (Fsp3) is 0.444. The van der Waals surface area contributed by atoms with Crippen LogP contribution in [0.25, 0.3) is 10.9 Å². The van der Waals surface area contributed by atoms with Crippen LogP contribution in [0.2, 0.25) is 0 Å². The van der Waals surface area contributed by atoms with Crippen molar-refractivity contribution in [1.29, 1.82) is 0 Å². The zero-order valence-corrected chi connectivity index (χ0v) is 23.6. The third-order valence-corrected chi connectivity index (χ3v) is 6.76. The number of benzene rings is 2. The second-order valence-corrected chi connectivity index (χ2v) is 9.60. The van der Waals surface area contributed by atoms with E-state index in [1.165, 1.54) is 21.8 Å². The number of aromatic nitrogens is 2. The van der Waals surface area contributed by atoms with E-state index in [0.717, 1.165) is 28.6 Å². The Morgan fingerprint density at radius 1 is 1.07 bits per heavy atom. The normalized spacial score (nSPS) is 13.0.